The van der Waals surface area contributed by atoms with Crippen molar-refractivity contribution in [1.29, 1.82) is 0 Å². The fourth-order valence-corrected chi connectivity index (χ4v) is 2.87. The van der Waals surface area contributed by atoms with Gasteiger partial charge >= 0.3 is 0 Å². The zero-order chi connectivity index (χ0) is 20.4. The van der Waals surface area contributed by atoms with Crippen molar-refractivity contribution in [3.8, 4) is 16.9 Å². The third-order valence-corrected chi connectivity index (χ3v) is 4.39. The van der Waals surface area contributed by atoms with Gasteiger partial charge in [0, 0.05) is 17.2 Å². The largest absolute Gasteiger partial charge is 0.506 e. The Hall–Kier alpha value is -3.25. The van der Waals surface area contributed by atoms with E-state index in [4.69, 9.17) is 11.6 Å². The number of Topliss-reactive ketones (excluding diaryl/α,β-unsaturated/α-hetero) is 1. The van der Waals surface area contributed by atoms with Crippen LogP contribution in [0.2, 0.25) is 5.02 Å². The van der Waals surface area contributed by atoms with Crippen molar-refractivity contribution in [2.24, 2.45) is 0 Å². The number of rotatable bonds is 4. The van der Waals surface area contributed by atoms with Gasteiger partial charge in [0.2, 0.25) is 0 Å². The number of anilines is 1. The van der Waals surface area contributed by atoms with E-state index in [0.717, 1.165) is 12.1 Å². The summed E-state index contributed by atoms with van der Waals surface area (Å²) < 4.78 is 28.4. The first-order valence-corrected chi connectivity index (χ1v) is 8.55. The summed E-state index contributed by atoms with van der Waals surface area (Å²) in [4.78, 5) is 24.1. The molecule has 7 heteroatoms. The summed E-state index contributed by atoms with van der Waals surface area (Å²) in [7, 11) is 0. The van der Waals surface area contributed by atoms with Gasteiger partial charge in [-0.25, -0.2) is 8.78 Å². The molecular weight excluding hydrogens is 388 g/mol. The first-order chi connectivity index (χ1) is 13.3. The van der Waals surface area contributed by atoms with E-state index >= 15 is 0 Å². The summed E-state index contributed by atoms with van der Waals surface area (Å²) in [5, 5.41) is 12.1. The second kappa shape index (κ2) is 7.78. The molecule has 0 radical (unpaired) electrons. The average Bonchev–Trinajstić information content (AvgIpc) is 2.66. The Morgan fingerprint density at radius 2 is 1.68 bits per heavy atom. The summed E-state index contributed by atoms with van der Waals surface area (Å²) in [6, 6.07) is 12.6. The molecule has 28 heavy (non-hydrogen) atoms. The van der Waals surface area contributed by atoms with E-state index in [1.54, 1.807) is 30.3 Å². The highest BCUT2D eigenvalue weighted by Gasteiger charge is 2.20. The molecule has 0 unspecified atom stereocenters. The van der Waals surface area contributed by atoms with Crippen LogP contribution in [0.5, 0.6) is 5.75 Å². The maximum atomic E-state index is 14.2. The summed E-state index contributed by atoms with van der Waals surface area (Å²) in [6.07, 6.45) is 0. The number of nitrogens with one attached hydrogen (secondary N) is 1. The number of amides is 1. The Bertz CT molecular complexity index is 1080. The van der Waals surface area contributed by atoms with Gasteiger partial charge in [-0.2, -0.15) is 0 Å². The van der Waals surface area contributed by atoms with Gasteiger partial charge in [-0.15, -0.1) is 0 Å². The maximum absolute atomic E-state index is 14.2. The SMILES string of the molecule is CC(=O)c1cc(Cl)c(O)c(C(=O)Nc2cc(-c3ccccc3)c(F)cc2F)c1. The molecule has 142 valence electrons. The molecule has 3 aromatic rings. The number of ketones is 1. The van der Waals surface area contributed by atoms with E-state index in [1.807, 2.05) is 0 Å². The van der Waals surface area contributed by atoms with Gasteiger partial charge in [0.1, 0.15) is 17.4 Å². The molecular formula is C21H14ClF2NO3. The number of hydrogen-bond acceptors (Lipinski definition) is 3. The highest BCUT2D eigenvalue weighted by atomic mass is 35.5. The minimum Gasteiger partial charge on any atom is -0.506 e. The first-order valence-electron chi connectivity index (χ1n) is 8.17. The molecule has 0 aliphatic heterocycles. The van der Waals surface area contributed by atoms with E-state index in [-0.39, 0.29) is 33.2 Å². The lowest BCUT2D eigenvalue weighted by atomic mass is 10.0. The minimum absolute atomic E-state index is 0.0945. The number of aromatic hydroxyl groups is 1. The highest BCUT2D eigenvalue weighted by Crippen LogP contribution is 2.32. The Kier molecular flexibility index (Phi) is 5.42. The quantitative estimate of drug-likeness (QED) is 0.571. The molecule has 1 amide bonds. The van der Waals surface area contributed by atoms with Crippen LogP contribution in [0.1, 0.15) is 27.6 Å². The zero-order valence-electron chi connectivity index (χ0n) is 14.6. The number of carbonyl (C=O) groups is 2. The van der Waals surface area contributed by atoms with Crippen molar-refractivity contribution >= 4 is 29.0 Å². The van der Waals surface area contributed by atoms with Crippen molar-refractivity contribution in [2.45, 2.75) is 6.92 Å². The Morgan fingerprint density at radius 3 is 2.32 bits per heavy atom. The number of phenolic OH excluding ortho intramolecular Hbond substituents is 1. The molecule has 2 N–H and O–H groups in total. The van der Waals surface area contributed by atoms with Crippen LogP contribution in [0, 0.1) is 11.6 Å². The third kappa shape index (κ3) is 3.87. The normalized spacial score (nSPS) is 10.6. The molecule has 3 aromatic carbocycles. The van der Waals surface area contributed by atoms with Crippen molar-refractivity contribution in [2.75, 3.05) is 5.32 Å². The standard InChI is InChI=1S/C21H14ClF2NO3/c1-11(26)13-7-15(20(27)16(22)8-13)21(28)25-19-9-14(17(23)10-18(19)24)12-5-3-2-4-6-12/h2-10,27H,1H3,(H,25,28). The lowest BCUT2D eigenvalue weighted by molar-refractivity contribution is 0.101. The van der Waals surface area contributed by atoms with Crippen LogP contribution in [0.25, 0.3) is 11.1 Å². The van der Waals surface area contributed by atoms with Crippen LogP contribution in [0.15, 0.2) is 54.6 Å². The van der Waals surface area contributed by atoms with Gasteiger partial charge in [0.15, 0.2) is 5.78 Å². The molecule has 0 atom stereocenters. The molecule has 0 aliphatic rings. The highest BCUT2D eigenvalue weighted by molar-refractivity contribution is 6.33. The third-order valence-electron chi connectivity index (χ3n) is 4.10. The average molecular weight is 402 g/mol. The molecule has 0 saturated carbocycles. The Labute approximate surface area is 164 Å². The summed E-state index contributed by atoms with van der Waals surface area (Å²) in [6.45, 7) is 1.27. The summed E-state index contributed by atoms with van der Waals surface area (Å²) in [5.74, 6) is -3.58. The number of carbonyl (C=O) groups excluding carboxylic acids is 2. The molecule has 0 spiro atoms. The van der Waals surface area contributed by atoms with Gasteiger partial charge in [0.05, 0.1) is 16.3 Å². The van der Waals surface area contributed by atoms with E-state index in [9.17, 15) is 23.5 Å². The topological polar surface area (TPSA) is 66.4 Å². The summed E-state index contributed by atoms with van der Waals surface area (Å²) in [5.41, 5.74) is 0.117. The number of hydrogen-bond donors (Lipinski definition) is 2. The van der Waals surface area contributed by atoms with Gasteiger partial charge in [0.25, 0.3) is 5.91 Å². The maximum Gasteiger partial charge on any atom is 0.259 e. The molecule has 0 aliphatic carbocycles. The van der Waals surface area contributed by atoms with Gasteiger partial charge in [-0.05, 0) is 30.7 Å². The van der Waals surface area contributed by atoms with Crippen LogP contribution in [0.3, 0.4) is 0 Å². The second-order valence-corrected chi connectivity index (χ2v) is 6.45. The lowest BCUT2D eigenvalue weighted by Crippen LogP contribution is -2.14. The lowest BCUT2D eigenvalue weighted by Gasteiger charge is -2.12. The Morgan fingerprint density at radius 1 is 1.00 bits per heavy atom. The van der Waals surface area contributed by atoms with E-state index in [2.05, 4.69) is 5.32 Å². The van der Waals surface area contributed by atoms with E-state index in [0.29, 0.717) is 11.6 Å². The first kappa shape index (κ1) is 19.5. The monoisotopic (exact) mass is 401 g/mol. The van der Waals surface area contributed by atoms with Crippen LogP contribution >= 0.6 is 11.6 Å². The number of halogens is 3. The molecule has 0 aromatic heterocycles. The molecule has 0 bridgehead atoms. The molecule has 0 fully saturated rings. The predicted molar refractivity (Wildman–Crippen MR) is 103 cm³/mol. The zero-order valence-corrected chi connectivity index (χ0v) is 15.3. The Balaban J connectivity index is 2.01. The minimum atomic E-state index is -0.987. The van der Waals surface area contributed by atoms with Crippen molar-refractivity contribution < 1.29 is 23.5 Å². The van der Waals surface area contributed by atoms with Crippen LogP contribution in [-0.4, -0.2) is 16.8 Å². The van der Waals surface area contributed by atoms with E-state index in [1.165, 1.54) is 13.0 Å². The smallest absolute Gasteiger partial charge is 0.259 e. The van der Waals surface area contributed by atoms with Crippen molar-refractivity contribution in [3.63, 3.8) is 0 Å². The fraction of sp³-hybridized carbons (Fsp3) is 0.0476. The second-order valence-electron chi connectivity index (χ2n) is 6.04. The van der Waals surface area contributed by atoms with Crippen molar-refractivity contribution in [1.82, 2.24) is 0 Å². The van der Waals surface area contributed by atoms with Crippen molar-refractivity contribution in [3.05, 3.63) is 82.4 Å². The van der Waals surface area contributed by atoms with E-state index < -0.39 is 23.3 Å². The number of benzene rings is 3. The van der Waals surface area contributed by atoms with Crippen LogP contribution in [0.4, 0.5) is 14.5 Å². The molecule has 4 nitrogen and oxygen atoms in total. The molecule has 0 heterocycles. The predicted octanol–water partition coefficient (Wildman–Crippen LogP) is 5.45. The van der Waals surface area contributed by atoms with Gasteiger partial charge in [-0.3, -0.25) is 9.59 Å². The number of phenols is 1. The fourth-order valence-electron chi connectivity index (χ4n) is 2.65. The summed E-state index contributed by atoms with van der Waals surface area (Å²) >= 11 is 5.86. The molecule has 3 rings (SSSR count). The molecule has 0 saturated heterocycles. The van der Waals surface area contributed by atoms with Gasteiger partial charge in [-0.1, -0.05) is 41.9 Å². The van der Waals surface area contributed by atoms with Crippen LogP contribution < -0.4 is 5.32 Å². The van der Waals surface area contributed by atoms with Gasteiger partial charge < -0.3 is 10.4 Å². The van der Waals surface area contributed by atoms with Crippen LogP contribution in [-0.2, 0) is 0 Å².